The molecule has 0 radical (unpaired) electrons. The molecular weight excluding hydrogens is 353 g/mol. The fourth-order valence-electron chi connectivity index (χ4n) is 2.77. The summed E-state index contributed by atoms with van der Waals surface area (Å²) < 4.78 is 45.8. The van der Waals surface area contributed by atoms with E-state index in [1.807, 2.05) is 24.3 Å². The van der Waals surface area contributed by atoms with Crippen LogP contribution in [0, 0.1) is 17.2 Å². The second-order valence-electron chi connectivity index (χ2n) is 6.28. The van der Waals surface area contributed by atoms with Crippen molar-refractivity contribution in [3.05, 3.63) is 82.5 Å². The van der Waals surface area contributed by atoms with E-state index in [1.165, 1.54) is 13.2 Å². The lowest BCUT2D eigenvalue weighted by Crippen LogP contribution is -2.12. The van der Waals surface area contributed by atoms with E-state index in [-0.39, 0.29) is 17.0 Å². The summed E-state index contributed by atoms with van der Waals surface area (Å²) in [7, 11) is 0. The molecule has 2 N–H and O–H groups in total. The Morgan fingerprint density at radius 2 is 2.19 bits per heavy atom. The fourth-order valence-corrected chi connectivity index (χ4v) is 2.77. The van der Waals surface area contributed by atoms with Gasteiger partial charge in [-0.25, -0.2) is 13.2 Å². The van der Waals surface area contributed by atoms with Crippen LogP contribution in [-0.4, -0.2) is 6.17 Å². The highest BCUT2D eigenvalue weighted by atomic mass is 19.2. The van der Waals surface area contributed by atoms with Crippen LogP contribution in [0.25, 0.3) is 0 Å². The third kappa shape index (κ3) is 5.04. The van der Waals surface area contributed by atoms with Gasteiger partial charge in [-0.15, -0.1) is 0 Å². The topological polar surface area (TPSA) is 59.0 Å². The van der Waals surface area contributed by atoms with E-state index in [1.54, 1.807) is 12.2 Å². The molecule has 0 aromatic rings. The molecule has 2 rings (SSSR count). The normalized spacial score (nSPS) is 29.2. The summed E-state index contributed by atoms with van der Waals surface area (Å²) in [6.07, 6.45) is 11.2. The highest BCUT2D eigenvalue weighted by Crippen LogP contribution is 2.29. The first-order valence-corrected chi connectivity index (χ1v) is 8.53. The maximum atomic E-state index is 13.9. The molecule has 0 bridgehead atoms. The maximum absolute atomic E-state index is 13.9. The van der Waals surface area contributed by atoms with Crippen LogP contribution in [0.3, 0.4) is 0 Å². The Bertz CT molecular complexity index is 849. The van der Waals surface area contributed by atoms with Gasteiger partial charge in [0, 0.05) is 11.5 Å². The van der Waals surface area contributed by atoms with E-state index >= 15 is 0 Å². The Morgan fingerprint density at radius 1 is 1.44 bits per heavy atom. The fraction of sp³-hybridized carbons (Fsp3) is 0.286. The first-order valence-electron chi connectivity index (χ1n) is 8.53. The highest BCUT2D eigenvalue weighted by molar-refractivity contribution is 5.46. The lowest BCUT2D eigenvalue weighted by Gasteiger charge is -2.18. The molecule has 0 saturated heterocycles. The molecule has 1 aliphatic heterocycles. The van der Waals surface area contributed by atoms with Crippen LogP contribution in [0.1, 0.15) is 26.7 Å². The molecular formula is C21H21F3N2O. The van der Waals surface area contributed by atoms with Crippen molar-refractivity contribution >= 4 is 0 Å². The summed E-state index contributed by atoms with van der Waals surface area (Å²) in [4.78, 5) is 0. The summed E-state index contributed by atoms with van der Waals surface area (Å²) >= 11 is 0. The largest absolute Gasteiger partial charge is 0.448 e. The van der Waals surface area contributed by atoms with E-state index in [0.29, 0.717) is 0 Å². The van der Waals surface area contributed by atoms with Gasteiger partial charge in [-0.05, 0) is 38.3 Å². The van der Waals surface area contributed by atoms with Gasteiger partial charge in [0.2, 0.25) is 5.88 Å². The molecule has 0 saturated carbocycles. The van der Waals surface area contributed by atoms with Crippen LogP contribution in [0.4, 0.5) is 13.2 Å². The maximum Gasteiger partial charge on any atom is 0.204 e. The van der Waals surface area contributed by atoms with Gasteiger partial charge >= 0.3 is 0 Å². The number of hydrogen-bond acceptors (Lipinski definition) is 3. The molecule has 0 aromatic heterocycles. The Kier molecular flexibility index (Phi) is 6.89. The molecule has 1 heterocycles. The van der Waals surface area contributed by atoms with Crippen molar-refractivity contribution in [2.45, 2.75) is 32.9 Å². The number of alkyl halides is 1. The summed E-state index contributed by atoms with van der Waals surface area (Å²) in [5.74, 6) is -3.68. The standard InChI is InChI=1S/C21H21F3N2O/c1-13(10-19(23)20(24)14(2)22)17-9-5-8-15-6-3-4-7-16(15)12-27-21(26)18(17)11-25/h4-5,7-10,12,14,17H,3,6,26H2,1-2H3/b9-5?,13-10+,15-8-,16-12+,20-19-,21-18-. The molecule has 142 valence electrons. The number of nitrogens with two attached hydrogens (primary N) is 1. The van der Waals surface area contributed by atoms with Crippen molar-refractivity contribution in [3.8, 4) is 6.07 Å². The van der Waals surface area contributed by atoms with Crippen molar-refractivity contribution in [3.63, 3.8) is 0 Å². The van der Waals surface area contributed by atoms with Gasteiger partial charge in [-0.2, -0.15) is 5.26 Å². The minimum absolute atomic E-state index is 0.0509. The van der Waals surface area contributed by atoms with Crippen LogP contribution in [0.15, 0.2) is 82.5 Å². The summed E-state index contributed by atoms with van der Waals surface area (Å²) in [6, 6.07) is 1.96. The number of rotatable bonds is 3. The minimum Gasteiger partial charge on any atom is -0.448 e. The minimum atomic E-state index is -2.05. The number of fused-ring (bicyclic) bond motifs is 1. The number of halogens is 3. The molecule has 0 fully saturated rings. The van der Waals surface area contributed by atoms with Crippen molar-refractivity contribution in [2.75, 3.05) is 0 Å². The monoisotopic (exact) mass is 374 g/mol. The van der Waals surface area contributed by atoms with E-state index < -0.39 is 23.7 Å². The molecule has 27 heavy (non-hydrogen) atoms. The Hall–Kier alpha value is -2.94. The number of nitriles is 1. The van der Waals surface area contributed by atoms with Gasteiger partial charge in [-0.1, -0.05) is 36.0 Å². The van der Waals surface area contributed by atoms with Gasteiger partial charge < -0.3 is 10.5 Å². The van der Waals surface area contributed by atoms with Gasteiger partial charge in [0.1, 0.15) is 17.9 Å². The van der Waals surface area contributed by atoms with Crippen LogP contribution in [0.2, 0.25) is 0 Å². The second kappa shape index (κ2) is 9.13. The van der Waals surface area contributed by atoms with Crippen LogP contribution in [-0.2, 0) is 4.74 Å². The van der Waals surface area contributed by atoms with E-state index in [2.05, 4.69) is 0 Å². The Morgan fingerprint density at radius 3 is 2.85 bits per heavy atom. The first kappa shape index (κ1) is 20.4. The molecule has 2 aliphatic rings. The average Bonchev–Trinajstić information content (AvgIpc) is 2.65. The molecule has 3 nitrogen and oxygen atoms in total. The molecule has 2 unspecified atom stereocenters. The van der Waals surface area contributed by atoms with Crippen molar-refractivity contribution in [2.24, 2.45) is 11.7 Å². The summed E-state index contributed by atoms with van der Waals surface area (Å²) in [5.41, 5.74) is 8.14. The average molecular weight is 374 g/mol. The quantitative estimate of drug-likeness (QED) is 0.664. The smallest absolute Gasteiger partial charge is 0.204 e. The SMILES string of the molecule is C/C(=C\C(F)=C(\F)C(C)F)C1C=C/C=C2/CCC=C/C2=C\O/C(N)=C\1C#N. The van der Waals surface area contributed by atoms with E-state index in [0.717, 1.165) is 37.0 Å². The van der Waals surface area contributed by atoms with Crippen molar-refractivity contribution in [1.82, 2.24) is 0 Å². The van der Waals surface area contributed by atoms with Gasteiger partial charge in [0.25, 0.3) is 0 Å². The predicted molar refractivity (Wildman–Crippen MR) is 98.7 cm³/mol. The van der Waals surface area contributed by atoms with Crippen LogP contribution < -0.4 is 5.73 Å². The second-order valence-corrected chi connectivity index (χ2v) is 6.28. The third-order valence-electron chi connectivity index (χ3n) is 4.28. The summed E-state index contributed by atoms with van der Waals surface area (Å²) in [5, 5.41) is 9.50. The number of nitrogens with zero attached hydrogens (tertiary/aromatic N) is 1. The van der Waals surface area contributed by atoms with Gasteiger partial charge in [0.15, 0.2) is 17.8 Å². The highest BCUT2D eigenvalue weighted by Gasteiger charge is 2.21. The molecule has 0 amide bonds. The lowest BCUT2D eigenvalue weighted by molar-refractivity contribution is 0.335. The molecule has 0 aromatic carbocycles. The zero-order valence-electron chi connectivity index (χ0n) is 15.2. The first-order chi connectivity index (χ1) is 12.8. The van der Waals surface area contributed by atoms with E-state index in [9.17, 15) is 18.4 Å². The lowest BCUT2D eigenvalue weighted by atomic mass is 9.90. The van der Waals surface area contributed by atoms with E-state index in [4.69, 9.17) is 10.5 Å². The molecule has 6 heteroatoms. The van der Waals surface area contributed by atoms with Crippen LogP contribution >= 0.6 is 0 Å². The predicted octanol–water partition coefficient (Wildman–Crippen LogP) is 5.50. The molecule has 1 aliphatic carbocycles. The Balaban J connectivity index is 2.50. The Labute approximate surface area is 157 Å². The molecule has 2 atom stereocenters. The number of allylic oxidation sites excluding steroid dienone is 12. The zero-order chi connectivity index (χ0) is 20.0. The number of ether oxygens (including phenoxy) is 1. The number of hydrogen-bond donors (Lipinski definition) is 1. The summed E-state index contributed by atoms with van der Waals surface area (Å²) in [6.45, 7) is 2.42. The van der Waals surface area contributed by atoms with Gasteiger partial charge in [0.05, 0.1) is 0 Å². The zero-order valence-corrected chi connectivity index (χ0v) is 15.2. The molecule has 0 spiro atoms. The van der Waals surface area contributed by atoms with Gasteiger partial charge in [-0.3, -0.25) is 0 Å². The third-order valence-corrected chi connectivity index (χ3v) is 4.28. The van der Waals surface area contributed by atoms with Crippen molar-refractivity contribution in [1.29, 1.82) is 5.26 Å². The van der Waals surface area contributed by atoms with Crippen molar-refractivity contribution < 1.29 is 17.9 Å². The van der Waals surface area contributed by atoms with Crippen LogP contribution in [0.5, 0.6) is 0 Å².